The Morgan fingerprint density at radius 2 is 1.90 bits per heavy atom. The Labute approximate surface area is 120 Å². The molecule has 0 unspecified atom stereocenters. The summed E-state index contributed by atoms with van der Waals surface area (Å²) in [5.41, 5.74) is 5.31. The third-order valence-corrected chi connectivity index (χ3v) is 3.03. The Kier molecular flexibility index (Phi) is 3.51. The molecule has 1 aromatic carbocycles. The van der Waals surface area contributed by atoms with E-state index in [-0.39, 0.29) is 22.5 Å². The van der Waals surface area contributed by atoms with Gasteiger partial charge < -0.3 is 16.3 Å². The van der Waals surface area contributed by atoms with Crippen LogP contribution in [0.1, 0.15) is 11.1 Å². The highest BCUT2D eigenvalue weighted by Crippen LogP contribution is 2.30. The fourth-order valence-electron chi connectivity index (χ4n) is 1.99. The van der Waals surface area contributed by atoms with Gasteiger partial charge in [-0.05, 0) is 17.7 Å². The van der Waals surface area contributed by atoms with Gasteiger partial charge in [-0.2, -0.15) is 10.5 Å². The number of ether oxygens (including phenoxy) is 1. The fourth-order valence-corrected chi connectivity index (χ4v) is 1.99. The molecule has 0 radical (unpaired) electrons. The molecule has 0 saturated heterocycles. The first-order valence-corrected chi connectivity index (χ1v) is 5.83. The summed E-state index contributed by atoms with van der Waals surface area (Å²) >= 11 is 0. The zero-order valence-corrected chi connectivity index (χ0v) is 11.1. The lowest BCUT2D eigenvalue weighted by Crippen LogP contribution is -2.33. The molecule has 0 saturated carbocycles. The van der Waals surface area contributed by atoms with E-state index in [1.807, 2.05) is 6.07 Å². The Morgan fingerprint density at radius 3 is 2.48 bits per heavy atom. The van der Waals surface area contributed by atoms with Crippen LogP contribution in [0.5, 0.6) is 5.75 Å². The third kappa shape index (κ3) is 2.13. The highest BCUT2D eigenvalue weighted by atomic mass is 16.5. The number of methoxy groups -OCH3 is 1. The molecular formula is C14H11N5O2. The molecule has 0 amide bonds. The lowest BCUT2D eigenvalue weighted by molar-refractivity contribution is 0.415. The number of nitrogens with two attached hydrogens (primary N) is 2. The highest BCUT2D eigenvalue weighted by molar-refractivity contribution is 5.81. The molecule has 1 heterocycles. The Morgan fingerprint density at radius 1 is 1.24 bits per heavy atom. The Bertz CT molecular complexity index is 855. The normalized spacial score (nSPS) is 9.67. The molecule has 21 heavy (non-hydrogen) atoms. The number of nitrogen functional groups attached to an aromatic ring is 2. The predicted octanol–water partition coefficient (Wildman–Crippen LogP) is 0.563. The van der Waals surface area contributed by atoms with Crippen molar-refractivity contribution in [1.82, 2.24) is 4.68 Å². The van der Waals surface area contributed by atoms with Gasteiger partial charge >= 0.3 is 0 Å². The van der Waals surface area contributed by atoms with Gasteiger partial charge in [-0.25, -0.2) is 4.68 Å². The van der Waals surface area contributed by atoms with Crippen LogP contribution in [0.2, 0.25) is 0 Å². The Hall–Kier alpha value is -3.45. The maximum absolute atomic E-state index is 12.0. The number of nitrogens with zero attached hydrogens (tertiary/aromatic N) is 3. The largest absolute Gasteiger partial charge is 0.497 e. The smallest absolute Gasteiger partial charge is 0.289 e. The molecule has 0 aliphatic rings. The molecule has 0 bridgehead atoms. The number of benzene rings is 1. The van der Waals surface area contributed by atoms with Crippen LogP contribution >= 0.6 is 0 Å². The van der Waals surface area contributed by atoms with Crippen LogP contribution < -0.4 is 21.9 Å². The number of anilines is 1. The number of hydrogen-bond acceptors (Lipinski definition) is 6. The molecule has 7 nitrogen and oxygen atoms in total. The van der Waals surface area contributed by atoms with Crippen LogP contribution in [-0.2, 0) is 0 Å². The Balaban J connectivity index is 2.95. The molecule has 2 aromatic rings. The van der Waals surface area contributed by atoms with Gasteiger partial charge in [-0.3, -0.25) is 4.79 Å². The van der Waals surface area contributed by atoms with Gasteiger partial charge in [0.25, 0.3) is 5.56 Å². The monoisotopic (exact) mass is 281 g/mol. The van der Waals surface area contributed by atoms with Gasteiger partial charge in [-0.1, -0.05) is 12.1 Å². The summed E-state index contributed by atoms with van der Waals surface area (Å²) in [5.74, 6) is 5.82. The van der Waals surface area contributed by atoms with E-state index < -0.39 is 5.56 Å². The lowest BCUT2D eigenvalue weighted by Gasteiger charge is -2.12. The minimum atomic E-state index is -0.758. The zero-order chi connectivity index (χ0) is 15.6. The second kappa shape index (κ2) is 5.27. The topological polar surface area (TPSA) is 131 Å². The summed E-state index contributed by atoms with van der Waals surface area (Å²) in [6, 6.07) is 10.3. The molecule has 7 heteroatoms. The number of hydrogen-bond donors (Lipinski definition) is 2. The summed E-state index contributed by atoms with van der Waals surface area (Å²) in [7, 11) is 1.49. The summed E-state index contributed by atoms with van der Waals surface area (Å²) in [6.07, 6.45) is 0. The second-order valence-corrected chi connectivity index (χ2v) is 4.14. The van der Waals surface area contributed by atoms with Crippen molar-refractivity contribution in [2.24, 2.45) is 0 Å². The molecular weight excluding hydrogens is 270 g/mol. The van der Waals surface area contributed by atoms with E-state index >= 15 is 0 Å². The van der Waals surface area contributed by atoms with E-state index in [1.165, 1.54) is 7.11 Å². The van der Waals surface area contributed by atoms with Crippen LogP contribution in [0.25, 0.3) is 11.1 Å². The molecule has 0 spiro atoms. The standard InChI is InChI=1S/C14H11N5O2/c1-21-9-4-2-3-8(5-9)12-10(6-15)13(17)19(18)14(20)11(12)7-16/h2-5H,17-18H2,1H3. The van der Waals surface area contributed by atoms with Gasteiger partial charge in [-0.15, -0.1) is 0 Å². The van der Waals surface area contributed by atoms with E-state index in [0.29, 0.717) is 16.0 Å². The van der Waals surface area contributed by atoms with Crippen LogP contribution in [0.3, 0.4) is 0 Å². The van der Waals surface area contributed by atoms with E-state index in [2.05, 4.69) is 0 Å². The quantitative estimate of drug-likeness (QED) is 0.773. The average molecular weight is 281 g/mol. The van der Waals surface area contributed by atoms with Gasteiger partial charge in [0.15, 0.2) is 0 Å². The van der Waals surface area contributed by atoms with Gasteiger partial charge in [0.1, 0.15) is 34.8 Å². The SMILES string of the molecule is COc1cccc(-c2c(C#N)c(N)n(N)c(=O)c2C#N)c1. The molecule has 104 valence electrons. The van der Waals surface area contributed by atoms with Crippen LogP contribution in [0.15, 0.2) is 29.1 Å². The molecule has 0 fully saturated rings. The maximum atomic E-state index is 12.0. The first-order chi connectivity index (χ1) is 10.0. The molecule has 1 aromatic heterocycles. The van der Waals surface area contributed by atoms with Gasteiger partial charge in [0.2, 0.25) is 0 Å². The van der Waals surface area contributed by atoms with Gasteiger partial charge in [0, 0.05) is 5.56 Å². The van der Waals surface area contributed by atoms with E-state index in [1.54, 1.807) is 30.3 Å². The fraction of sp³-hybridized carbons (Fsp3) is 0.0714. The minimum absolute atomic E-state index is 0.0260. The molecule has 0 atom stereocenters. The average Bonchev–Trinajstić information content (AvgIpc) is 2.52. The predicted molar refractivity (Wildman–Crippen MR) is 76.7 cm³/mol. The second-order valence-electron chi connectivity index (χ2n) is 4.14. The molecule has 4 N–H and O–H groups in total. The van der Waals surface area contributed by atoms with E-state index in [0.717, 1.165) is 0 Å². The van der Waals surface area contributed by atoms with Gasteiger partial charge in [0.05, 0.1) is 7.11 Å². The maximum Gasteiger partial charge on any atom is 0.289 e. The first-order valence-electron chi connectivity index (χ1n) is 5.83. The van der Waals surface area contributed by atoms with Crippen molar-refractivity contribution in [2.45, 2.75) is 0 Å². The van der Waals surface area contributed by atoms with Crippen LogP contribution in [0, 0.1) is 22.7 Å². The number of nitriles is 2. The molecule has 0 aliphatic heterocycles. The zero-order valence-electron chi connectivity index (χ0n) is 11.1. The van der Waals surface area contributed by atoms with Crippen molar-refractivity contribution >= 4 is 5.82 Å². The van der Waals surface area contributed by atoms with Crippen molar-refractivity contribution in [3.05, 3.63) is 45.7 Å². The van der Waals surface area contributed by atoms with Crippen molar-refractivity contribution in [3.8, 4) is 29.0 Å². The number of aromatic nitrogens is 1. The van der Waals surface area contributed by atoms with E-state index in [9.17, 15) is 15.3 Å². The van der Waals surface area contributed by atoms with Crippen LogP contribution in [-0.4, -0.2) is 11.8 Å². The molecule has 0 aliphatic carbocycles. The third-order valence-electron chi connectivity index (χ3n) is 3.03. The summed E-state index contributed by atoms with van der Waals surface area (Å²) < 4.78 is 5.70. The summed E-state index contributed by atoms with van der Waals surface area (Å²) in [4.78, 5) is 12.0. The summed E-state index contributed by atoms with van der Waals surface area (Å²) in [5, 5.41) is 18.5. The number of rotatable bonds is 2. The highest BCUT2D eigenvalue weighted by Gasteiger charge is 2.21. The minimum Gasteiger partial charge on any atom is -0.497 e. The van der Waals surface area contributed by atoms with Crippen molar-refractivity contribution in [3.63, 3.8) is 0 Å². The first kappa shape index (κ1) is 14.0. The number of pyridine rings is 1. The van der Waals surface area contributed by atoms with E-state index in [4.69, 9.17) is 16.3 Å². The van der Waals surface area contributed by atoms with Crippen molar-refractivity contribution in [1.29, 1.82) is 10.5 Å². The van der Waals surface area contributed by atoms with Crippen LogP contribution in [0.4, 0.5) is 5.82 Å². The molecule has 2 rings (SSSR count). The van der Waals surface area contributed by atoms with Crippen molar-refractivity contribution in [2.75, 3.05) is 18.7 Å². The lowest BCUT2D eigenvalue weighted by atomic mass is 9.96. The summed E-state index contributed by atoms with van der Waals surface area (Å²) in [6.45, 7) is 0. The van der Waals surface area contributed by atoms with Crippen molar-refractivity contribution < 1.29 is 4.74 Å².